The van der Waals surface area contributed by atoms with E-state index in [1.165, 1.54) is 32.1 Å². The number of halogens is 1. The number of likely N-dealkylation sites (tertiary alicyclic amines) is 1. The zero-order chi connectivity index (χ0) is 16.1. The first kappa shape index (κ1) is 21.0. The second-order valence-corrected chi connectivity index (χ2v) is 8.23. The van der Waals surface area contributed by atoms with Crippen molar-refractivity contribution >= 4 is 29.9 Å². The fraction of sp³-hybridized carbons (Fsp3) is 0.944. The molecule has 23 heavy (non-hydrogen) atoms. The highest BCUT2D eigenvalue weighted by Gasteiger charge is 2.42. The fourth-order valence-electron chi connectivity index (χ4n) is 3.47. The molecule has 2 aliphatic heterocycles. The molecule has 2 heterocycles. The van der Waals surface area contributed by atoms with Gasteiger partial charge in [-0.1, -0.05) is 27.2 Å². The monoisotopic (exact) mass is 437 g/mol. The van der Waals surface area contributed by atoms with Gasteiger partial charge in [-0.3, -0.25) is 4.99 Å². The summed E-state index contributed by atoms with van der Waals surface area (Å²) in [6.07, 6.45) is 6.21. The molecule has 2 fully saturated rings. The van der Waals surface area contributed by atoms with Gasteiger partial charge in [0.1, 0.15) is 0 Å². The van der Waals surface area contributed by atoms with E-state index in [0.29, 0.717) is 10.8 Å². The zero-order valence-electron chi connectivity index (χ0n) is 15.5. The number of nitrogens with zero attached hydrogens (tertiary/aromatic N) is 2. The second kappa shape index (κ2) is 9.44. The molecular weight excluding hydrogens is 401 g/mol. The molecule has 2 rings (SSSR count). The van der Waals surface area contributed by atoms with Crippen LogP contribution in [0.3, 0.4) is 0 Å². The van der Waals surface area contributed by atoms with Gasteiger partial charge in [-0.25, -0.2) is 0 Å². The maximum absolute atomic E-state index is 5.63. The molecule has 0 aromatic heterocycles. The minimum atomic E-state index is 0. The standard InChI is InChI=1S/C18H35N3O.HI/c1-5-19-16(20-11-7-6-8-17(2,3)4)21-12-9-18(14-21)10-13-22-15-18;/h5-15H2,1-4H3,(H,19,20);1H. The van der Waals surface area contributed by atoms with Crippen LogP contribution in [0, 0.1) is 10.8 Å². The summed E-state index contributed by atoms with van der Waals surface area (Å²) in [7, 11) is 0. The van der Waals surface area contributed by atoms with Gasteiger partial charge in [0.05, 0.1) is 6.61 Å². The molecule has 136 valence electrons. The first-order valence-corrected chi connectivity index (χ1v) is 9.05. The number of aliphatic imine (C=N–C) groups is 1. The van der Waals surface area contributed by atoms with Crippen LogP contribution in [0.4, 0.5) is 0 Å². The van der Waals surface area contributed by atoms with E-state index in [9.17, 15) is 0 Å². The topological polar surface area (TPSA) is 36.9 Å². The lowest BCUT2D eigenvalue weighted by Crippen LogP contribution is -2.41. The summed E-state index contributed by atoms with van der Waals surface area (Å²) < 4.78 is 5.63. The number of rotatable bonds is 5. The number of ether oxygens (including phenoxy) is 1. The Labute approximate surface area is 159 Å². The van der Waals surface area contributed by atoms with E-state index in [-0.39, 0.29) is 24.0 Å². The molecule has 0 radical (unpaired) electrons. The summed E-state index contributed by atoms with van der Waals surface area (Å²) in [4.78, 5) is 7.31. The maximum Gasteiger partial charge on any atom is 0.193 e. The molecule has 4 nitrogen and oxygen atoms in total. The van der Waals surface area contributed by atoms with Crippen molar-refractivity contribution < 1.29 is 4.74 Å². The molecule has 0 aliphatic carbocycles. The largest absolute Gasteiger partial charge is 0.381 e. The predicted molar refractivity (Wildman–Crippen MR) is 109 cm³/mol. The van der Waals surface area contributed by atoms with Crippen LogP contribution in [0.5, 0.6) is 0 Å². The lowest BCUT2D eigenvalue weighted by atomic mass is 9.87. The first-order valence-electron chi connectivity index (χ1n) is 9.05. The van der Waals surface area contributed by atoms with Gasteiger partial charge in [0.25, 0.3) is 0 Å². The van der Waals surface area contributed by atoms with Crippen LogP contribution in [0.2, 0.25) is 0 Å². The van der Waals surface area contributed by atoms with Gasteiger partial charge in [-0.15, -0.1) is 24.0 Å². The highest BCUT2D eigenvalue weighted by Crippen LogP contribution is 2.38. The summed E-state index contributed by atoms with van der Waals surface area (Å²) >= 11 is 0. The summed E-state index contributed by atoms with van der Waals surface area (Å²) in [6.45, 7) is 15.1. The number of guanidine groups is 1. The molecule has 1 unspecified atom stereocenters. The van der Waals surface area contributed by atoms with Crippen LogP contribution in [-0.2, 0) is 4.74 Å². The highest BCUT2D eigenvalue weighted by molar-refractivity contribution is 14.0. The summed E-state index contributed by atoms with van der Waals surface area (Å²) in [6, 6.07) is 0. The molecule has 5 heteroatoms. The van der Waals surface area contributed by atoms with Gasteiger partial charge in [0.2, 0.25) is 0 Å². The highest BCUT2D eigenvalue weighted by atomic mass is 127. The number of unbranched alkanes of at least 4 members (excludes halogenated alkanes) is 1. The number of hydrogen-bond acceptors (Lipinski definition) is 2. The van der Waals surface area contributed by atoms with E-state index in [0.717, 1.165) is 45.4 Å². The molecule has 0 aromatic rings. The first-order chi connectivity index (χ1) is 10.4. The Hall–Kier alpha value is -0.0400. The molecule has 1 N–H and O–H groups in total. The molecule has 2 saturated heterocycles. The van der Waals surface area contributed by atoms with Crippen LogP contribution in [0.15, 0.2) is 4.99 Å². The van der Waals surface area contributed by atoms with Gasteiger partial charge in [-0.2, -0.15) is 0 Å². The van der Waals surface area contributed by atoms with Crippen molar-refractivity contribution in [3.63, 3.8) is 0 Å². The number of hydrogen-bond donors (Lipinski definition) is 1. The van der Waals surface area contributed by atoms with Crippen molar-refractivity contribution in [3.8, 4) is 0 Å². The van der Waals surface area contributed by atoms with Gasteiger partial charge in [-0.05, 0) is 38.0 Å². The average molecular weight is 437 g/mol. The van der Waals surface area contributed by atoms with Crippen molar-refractivity contribution in [2.24, 2.45) is 15.8 Å². The molecular formula is C18H36IN3O. The average Bonchev–Trinajstić information content (AvgIpc) is 3.07. The zero-order valence-corrected chi connectivity index (χ0v) is 17.8. The van der Waals surface area contributed by atoms with E-state index in [4.69, 9.17) is 9.73 Å². The lowest BCUT2D eigenvalue weighted by molar-refractivity contribution is 0.156. The van der Waals surface area contributed by atoms with Gasteiger partial charge in [0, 0.05) is 38.2 Å². The third kappa shape index (κ3) is 6.77. The Morgan fingerprint density at radius 3 is 2.65 bits per heavy atom. The third-order valence-electron chi connectivity index (χ3n) is 4.85. The van der Waals surface area contributed by atoms with Gasteiger partial charge >= 0.3 is 0 Å². The molecule has 2 aliphatic rings. The molecule has 0 aromatic carbocycles. The van der Waals surface area contributed by atoms with Gasteiger partial charge < -0.3 is 15.0 Å². The van der Waals surface area contributed by atoms with Crippen molar-refractivity contribution in [2.45, 2.75) is 59.8 Å². The van der Waals surface area contributed by atoms with Crippen LogP contribution >= 0.6 is 24.0 Å². The van der Waals surface area contributed by atoms with E-state index >= 15 is 0 Å². The Bertz CT molecular complexity index is 373. The predicted octanol–water partition coefficient (Wildman–Crippen LogP) is 3.90. The smallest absolute Gasteiger partial charge is 0.193 e. The Morgan fingerprint density at radius 2 is 2.04 bits per heavy atom. The lowest BCUT2D eigenvalue weighted by Gasteiger charge is -2.25. The molecule has 0 bridgehead atoms. The molecule has 0 saturated carbocycles. The van der Waals surface area contributed by atoms with Crippen molar-refractivity contribution in [2.75, 3.05) is 39.4 Å². The Morgan fingerprint density at radius 1 is 1.26 bits per heavy atom. The summed E-state index contributed by atoms with van der Waals surface area (Å²) in [5.41, 5.74) is 0.848. The van der Waals surface area contributed by atoms with Crippen molar-refractivity contribution in [1.82, 2.24) is 10.2 Å². The summed E-state index contributed by atoms with van der Waals surface area (Å²) in [5.74, 6) is 1.11. The van der Waals surface area contributed by atoms with Crippen molar-refractivity contribution in [1.29, 1.82) is 0 Å². The second-order valence-electron chi connectivity index (χ2n) is 8.23. The SMILES string of the molecule is CCNC(=NCCCCC(C)(C)C)N1CCC2(CCOC2)C1.I. The quantitative estimate of drug-likeness (QED) is 0.307. The van der Waals surface area contributed by atoms with Crippen LogP contribution < -0.4 is 5.32 Å². The van der Waals surface area contributed by atoms with Crippen LogP contribution in [0.25, 0.3) is 0 Å². The maximum atomic E-state index is 5.63. The summed E-state index contributed by atoms with van der Waals surface area (Å²) in [5, 5.41) is 3.47. The van der Waals surface area contributed by atoms with E-state index in [1.807, 2.05) is 0 Å². The van der Waals surface area contributed by atoms with Crippen molar-refractivity contribution in [3.05, 3.63) is 0 Å². The van der Waals surface area contributed by atoms with Crippen LogP contribution in [-0.4, -0.2) is 50.3 Å². The fourth-order valence-corrected chi connectivity index (χ4v) is 3.47. The minimum Gasteiger partial charge on any atom is -0.381 e. The van der Waals surface area contributed by atoms with Gasteiger partial charge in [0.15, 0.2) is 5.96 Å². The Kier molecular flexibility index (Phi) is 8.63. The minimum absolute atomic E-state index is 0. The molecule has 1 spiro atoms. The molecule has 1 atom stereocenters. The van der Waals surface area contributed by atoms with E-state index in [2.05, 4.69) is 37.9 Å². The van der Waals surface area contributed by atoms with E-state index < -0.39 is 0 Å². The van der Waals surface area contributed by atoms with Crippen LogP contribution in [0.1, 0.15) is 59.8 Å². The third-order valence-corrected chi connectivity index (χ3v) is 4.85. The Balaban J connectivity index is 0.00000264. The normalized spacial score (nSPS) is 25.0. The number of nitrogens with one attached hydrogen (secondary N) is 1. The molecule has 0 amide bonds. The van der Waals surface area contributed by atoms with E-state index in [1.54, 1.807) is 0 Å².